The predicted octanol–water partition coefficient (Wildman–Crippen LogP) is 1.79. The maximum Gasteiger partial charge on any atom is 0.224 e. The molecule has 0 aliphatic heterocycles. The van der Waals surface area contributed by atoms with Gasteiger partial charge in [0.2, 0.25) is 5.91 Å². The van der Waals surface area contributed by atoms with Crippen molar-refractivity contribution in [1.82, 2.24) is 10.2 Å². The van der Waals surface area contributed by atoms with E-state index >= 15 is 0 Å². The monoisotopic (exact) mass is 256 g/mol. The summed E-state index contributed by atoms with van der Waals surface area (Å²) >= 11 is 0. The van der Waals surface area contributed by atoms with Gasteiger partial charge in [0.1, 0.15) is 0 Å². The Bertz CT molecular complexity index is 250. The number of likely N-dealkylation sites (N-methyl/N-ethyl adjacent to an activating group) is 1. The van der Waals surface area contributed by atoms with E-state index in [4.69, 9.17) is 4.74 Å². The third kappa shape index (κ3) is 4.25. The first-order chi connectivity index (χ1) is 8.67. The Morgan fingerprint density at radius 3 is 2.50 bits per heavy atom. The van der Waals surface area contributed by atoms with Crippen molar-refractivity contribution in [2.24, 2.45) is 0 Å². The summed E-state index contributed by atoms with van der Waals surface area (Å²) in [5.74, 6) is 0.255. The number of carbonyl (C=O) groups excluding carboxylic acids is 1. The molecule has 1 saturated carbocycles. The number of methoxy groups -OCH3 is 1. The number of ether oxygens (including phenoxy) is 1. The molecule has 18 heavy (non-hydrogen) atoms. The van der Waals surface area contributed by atoms with Gasteiger partial charge in [0.05, 0.1) is 6.61 Å². The highest BCUT2D eigenvalue weighted by molar-refractivity contribution is 5.77. The number of nitrogens with zero attached hydrogens (tertiary/aromatic N) is 1. The molecule has 0 aromatic rings. The van der Waals surface area contributed by atoms with Gasteiger partial charge in [-0.15, -0.1) is 0 Å². The van der Waals surface area contributed by atoms with Gasteiger partial charge in [-0.05, 0) is 26.8 Å². The Balaban J connectivity index is 2.53. The van der Waals surface area contributed by atoms with E-state index in [1.165, 1.54) is 19.3 Å². The minimum absolute atomic E-state index is 0.0375. The Morgan fingerprint density at radius 2 is 2.00 bits per heavy atom. The molecule has 0 aromatic carbocycles. The first kappa shape index (κ1) is 15.4. The fourth-order valence-corrected chi connectivity index (χ4v) is 2.81. The van der Waals surface area contributed by atoms with Crippen LogP contribution >= 0.6 is 0 Å². The zero-order valence-electron chi connectivity index (χ0n) is 12.1. The average Bonchev–Trinajstić information content (AvgIpc) is 2.40. The highest BCUT2D eigenvalue weighted by Crippen LogP contribution is 2.31. The Labute approximate surface area is 111 Å². The van der Waals surface area contributed by atoms with Crippen LogP contribution in [-0.2, 0) is 9.53 Å². The van der Waals surface area contributed by atoms with Crippen molar-refractivity contribution in [1.29, 1.82) is 0 Å². The summed E-state index contributed by atoms with van der Waals surface area (Å²) in [7, 11) is 3.67. The second-order valence-corrected chi connectivity index (χ2v) is 5.23. The summed E-state index contributed by atoms with van der Waals surface area (Å²) in [6.07, 6.45) is 6.64. The summed E-state index contributed by atoms with van der Waals surface area (Å²) in [6, 6.07) is 0. The third-order valence-corrected chi connectivity index (χ3v) is 4.13. The van der Waals surface area contributed by atoms with Crippen molar-refractivity contribution in [2.75, 3.05) is 33.9 Å². The number of rotatable bonds is 7. The quantitative estimate of drug-likeness (QED) is 0.755. The molecule has 0 bridgehead atoms. The van der Waals surface area contributed by atoms with E-state index in [0.29, 0.717) is 19.6 Å². The Kier molecular flexibility index (Phi) is 6.65. The molecule has 4 heteroatoms. The van der Waals surface area contributed by atoms with E-state index in [1.54, 1.807) is 7.11 Å². The maximum absolute atomic E-state index is 12.3. The predicted molar refractivity (Wildman–Crippen MR) is 73.6 cm³/mol. The molecule has 1 aliphatic carbocycles. The molecule has 0 aromatic heterocycles. The molecule has 1 fully saturated rings. The lowest BCUT2D eigenvalue weighted by atomic mass is 9.79. The van der Waals surface area contributed by atoms with Crippen LogP contribution in [0.25, 0.3) is 0 Å². The molecule has 1 aliphatic rings. The van der Waals surface area contributed by atoms with E-state index in [0.717, 1.165) is 19.4 Å². The van der Waals surface area contributed by atoms with Crippen LogP contribution in [0.15, 0.2) is 0 Å². The minimum Gasteiger partial charge on any atom is -0.383 e. The lowest BCUT2D eigenvalue weighted by molar-refractivity contribution is -0.133. The fraction of sp³-hybridized carbons (Fsp3) is 0.929. The van der Waals surface area contributed by atoms with Crippen LogP contribution in [0.1, 0.15) is 45.4 Å². The van der Waals surface area contributed by atoms with E-state index in [1.807, 2.05) is 18.9 Å². The van der Waals surface area contributed by atoms with Gasteiger partial charge in [-0.25, -0.2) is 0 Å². The summed E-state index contributed by atoms with van der Waals surface area (Å²) in [5.41, 5.74) is 0.0375. The molecule has 0 heterocycles. The van der Waals surface area contributed by atoms with E-state index < -0.39 is 0 Å². The summed E-state index contributed by atoms with van der Waals surface area (Å²) in [4.78, 5) is 14.2. The van der Waals surface area contributed by atoms with Gasteiger partial charge >= 0.3 is 0 Å². The van der Waals surface area contributed by atoms with Crippen LogP contribution in [-0.4, -0.2) is 50.2 Å². The zero-order valence-corrected chi connectivity index (χ0v) is 12.1. The number of nitrogens with one attached hydrogen (secondary N) is 1. The fourth-order valence-electron chi connectivity index (χ4n) is 2.81. The topological polar surface area (TPSA) is 41.6 Å². The number of amides is 1. The normalized spacial score (nSPS) is 18.6. The average molecular weight is 256 g/mol. The van der Waals surface area contributed by atoms with Crippen LogP contribution in [0.5, 0.6) is 0 Å². The smallest absolute Gasteiger partial charge is 0.224 e. The van der Waals surface area contributed by atoms with E-state index in [9.17, 15) is 4.79 Å². The number of hydrogen-bond donors (Lipinski definition) is 1. The first-order valence-corrected chi connectivity index (χ1v) is 7.13. The Hall–Kier alpha value is -0.610. The standard InChI is InChI=1S/C14H28N2O2/c1-4-16(10-11-18-3)13(17)12-14(15-2)8-6-5-7-9-14/h15H,4-12H2,1-3H3. The molecule has 1 rings (SSSR count). The van der Waals surface area contributed by atoms with Crippen LogP contribution in [0.4, 0.5) is 0 Å². The van der Waals surface area contributed by atoms with Crippen LogP contribution in [0, 0.1) is 0 Å². The molecular weight excluding hydrogens is 228 g/mol. The largest absolute Gasteiger partial charge is 0.383 e. The Morgan fingerprint density at radius 1 is 1.33 bits per heavy atom. The molecule has 1 N–H and O–H groups in total. The van der Waals surface area contributed by atoms with Gasteiger partial charge in [0.25, 0.3) is 0 Å². The highest BCUT2D eigenvalue weighted by Gasteiger charge is 2.33. The SMILES string of the molecule is CCN(CCOC)C(=O)CC1(NC)CCCCC1. The third-order valence-electron chi connectivity index (χ3n) is 4.13. The van der Waals surface area contributed by atoms with Crippen LogP contribution in [0.3, 0.4) is 0 Å². The molecule has 0 atom stereocenters. The molecule has 1 amide bonds. The molecule has 0 unspecified atom stereocenters. The number of carbonyl (C=O) groups is 1. The molecule has 0 saturated heterocycles. The molecular formula is C14H28N2O2. The molecule has 0 spiro atoms. The van der Waals surface area contributed by atoms with Gasteiger partial charge in [-0.1, -0.05) is 19.3 Å². The first-order valence-electron chi connectivity index (χ1n) is 7.13. The highest BCUT2D eigenvalue weighted by atomic mass is 16.5. The van der Waals surface area contributed by atoms with Crippen molar-refractivity contribution in [3.63, 3.8) is 0 Å². The molecule has 4 nitrogen and oxygen atoms in total. The van der Waals surface area contributed by atoms with Crippen molar-refractivity contribution in [3.05, 3.63) is 0 Å². The van der Waals surface area contributed by atoms with Gasteiger partial charge in [-0.3, -0.25) is 4.79 Å². The van der Waals surface area contributed by atoms with Crippen LogP contribution in [0.2, 0.25) is 0 Å². The van der Waals surface area contributed by atoms with Crippen molar-refractivity contribution < 1.29 is 9.53 Å². The second-order valence-electron chi connectivity index (χ2n) is 5.23. The number of hydrogen-bond acceptors (Lipinski definition) is 3. The van der Waals surface area contributed by atoms with Gasteiger partial charge in [0.15, 0.2) is 0 Å². The van der Waals surface area contributed by atoms with Crippen LogP contribution < -0.4 is 5.32 Å². The molecule has 0 radical (unpaired) electrons. The van der Waals surface area contributed by atoms with E-state index in [-0.39, 0.29) is 11.4 Å². The minimum atomic E-state index is 0.0375. The lowest BCUT2D eigenvalue weighted by Crippen LogP contribution is -2.49. The van der Waals surface area contributed by atoms with Crippen molar-refractivity contribution in [3.8, 4) is 0 Å². The van der Waals surface area contributed by atoms with E-state index in [2.05, 4.69) is 5.32 Å². The lowest BCUT2D eigenvalue weighted by Gasteiger charge is -2.38. The summed E-state index contributed by atoms with van der Waals surface area (Å²) < 4.78 is 5.06. The van der Waals surface area contributed by atoms with Crippen molar-refractivity contribution in [2.45, 2.75) is 51.0 Å². The zero-order chi connectivity index (χ0) is 13.4. The molecule has 106 valence electrons. The van der Waals surface area contributed by atoms with Crippen molar-refractivity contribution >= 4 is 5.91 Å². The maximum atomic E-state index is 12.3. The van der Waals surface area contributed by atoms with Gasteiger partial charge in [-0.2, -0.15) is 0 Å². The second kappa shape index (κ2) is 7.74. The van der Waals surface area contributed by atoms with Gasteiger partial charge < -0.3 is 15.0 Å². The summed E-state index contributed by atoms with van der Waals surface area (Å²) in [5, 5.41) is 3.40. The summed E-state index contributed by atoms with van der Waals surface area (Å²) in [6.45, 7) is 4.11. The van der Waals surface area contributed by atoms with Gasteiger partial charge in [0, 0.05) is 32.2 Å².